The van der Waals surface area contributed by atoms with Gasteiger partial charge in [-0.25, -0.2) is 0 Å². The first-order valence-corrected chi connectivity index (χ1v) is 5.52. The molecule has 0 atom stereocenters. The van der Waals surface area contributed by atoms with Gasteiger partial charge in [0.2, 0.25) is 0 Å². The van der Waals surface area contributed by atoms with E-state index in [1.54, 1.807) is 6.26 Å². The van der Waals surface area contributed by atoms with Crippen molar-refractivity contribution in [1.29, 1.82) is 0 Å². The zero-order valence-electron chi connectivity index (χ0n) is 8.90. The molecule has 0 unspecified atom stereocenters. The lowest BCUT2D eigenvalue weighted by molar-refractivity contribution is 0.101. The van der Waals surface area contributed by atoms with Gasteiger partial charge in [-0.05, 0) is 24.5 Å². The average molecular weight is 212 g/mol. The molecular formula is C14H12O2. The molecule has 0 amide bonds. The fourth-order valence-corrected chi connectivity index (χ4v) is 2.29. The zero-order chi connectivity index (χ0) is 11.0. The Labute approximate surface area is 94.2 Å². The van der Waals surface area contributed by atoms with Crippen molar-refractivity contribution in [2.24, 2.45) is 0 Å². The van der Waals surface area contributed by atoms with Gasteiger partial charge in [-0.1, -0.05) is 24.3 Å². The molecular weight excluding hydrogens is 200 g/mol. The van der Waals surface area contributed by atoms with E-state index in [2.05, 4.69) is 0 Å². The molecule has 0 radical (unpaired) electrons. The van der Waals surface area contributed by atoms with E-state index in [-0.39, 0.29) is 5.78 Å². The summed E-state index contributed by atoms with van der Waals surface area (Å²) in [6, 6.07) is 7.83. The molecule has 3 rings (SSSR count). The van der Waals surface area contributed by atoms with Crippen molar-refractivity contribution >= 4 is 5.78 Å². The van der Waals surface area contributed by atoms with Gasteiger partial charge < -0.3 is 4.74 Å². The second-order valence-electron chi connectivity index (χ2n) is 4.08. The summed E-state index contributed by atoms with van der Waals surface area (Å²) in [6.07, 6.45) is 6.09. The Kier molecular flexibility index (Phi) is 2.13. The number of ether oxygens (including phenoxy) is 1. The molecule has 0 bridgehead atoms. The smallest absolute Gasteiger partial charge is 0.192 e. The number of allylic oxidation sites excluding steroid dienone is 2. The topological polar surface area (TPSA) is 26.3 Å². The highest BCUT2D eigenvalue weighted by molar-refractivity contribution is 6.11. The van der Waals surface area contributed by atoms with Gasteiger partial charge in [0.15, 0.2) is 5.78 Å². The Balaban J connectivity index is 2.04. The Morgan fingerprint density at radius 3 is 2.81 bits per heavy atom. The van der Waals surface area contributed by atoms with Crippen LogP contribution in [0.2, 0.25) is 0 Å². The molecule has 16 heavy (non-hydrogen) atoms. The van der Waals surface area contributed by atoms with Crippen LogP contribution in [0.1, 0.15) is 28.8 Å². The molecule has 80 valence electrons. The van der Waals surface area contributed by atoms with E-state index in [4.69, 9.17) is 4.74 Å². The van der Waals surface area contributed by atoms with Gasteiger partial charge in [0, 0.05) is 17.6 Å². The summed E-state index contributed by atoms with van der Waals surface area (Å²) in [6.45, 7) is 0. The molecule has 0 N–H and O–H groups in total. The molecule has 0 aromatic heterocycles. The highest BCUT2D eigenvalue weighted by Gasteiger charge is 2.25. The minimum Gasteiger partial charge on any atom is -0.469 e. The number of fused-ring (bicyclic) bond motifs is 1. The molecule has 1 aliphatic carbocycles. The molecule has 2 aliphatic rings. The average Bonchev–Trinajstić information content (AvgIpc) is 2.83. The summed E-state index contributed by atoms with van der Waals surface area (Å²) in [5.74, 6) is 0.972. The van der Waals surface area contributed by atoms with Crippen LogP contribution in [0.3, 0.4) is 0 Å². The molecule has 1 heterocycles. The second-order valence-corrected chi connectivity index (χ2v) is 4.08. The predicted molar refractivity (Wildman–Crippen MR) is 61.0 cm³/mol. The third-order valence-electron chi connectivity index (χ3n) is 3.13. The summed E-state index contributed by atoms with van der Waals surface area (Å²) >= 11 is 0. The molecule has 1 aliphatic heterocycles. The fraction of sp³-hybridized carbons (Fsp3) is 0.214. The van der Waals surface area contributed by atoms with Crippen molar-refractivity contribution in [2.75, 3.05) is 0 Å². The summed E-state index contributed by atoms with van der Waals surface area (Å²) in [5.41, 5.74) is 2.85. The molecule has 0 fully saturated rings. The lowest BCUT2D eigenvalue weighted by Crippen LogP contribution is -2.15. The van der Waals surface area contributed by atoms with Crippen molar-refractivity contribution in [3.63, 3.8) is 0 Å². The van der Waals surface area contributed by atoms with E-state index in [1.807, 2.05) is 30.3 Å². The van der Waals surface area contributed by atoms with Crippen LogP contribution < -0.4 is 0 Å². The normalized spacial score (nSPS) is 23.1. The van der Waals surface area contributed by atoms with E-state index >= 15 is 0 Å². The van der Waals surface area contributed by atoms with Crippen molar-refractivity contribution in [1.82, 2.24) is 0 Å². The first-order valence-electron chi connectivity index (χ1n) is 5.52. The van der Waals surface area contributed by atoms with E-state index in [1.165, 1.54) is 0 Å². The number of carbonyl (C=O) groups is 1. The van der Waals surface area contributed by atoms with Gasteiger partial charge in [-0.15, -0.1) is 0 Å². The van der Waals surface area contributed by atoms with Crippen LogP contribution in [0.15, 0.2) is 47.9 Å². The lowest BCUT2D eigenvalue weighted by Gasteiger charge is -2.18. The minimum atomic E-state index is 0.139. The summed E-state index contributed by atoms with van der Waals surface area (Å²) in [4.78, 5) is 12.2. The number of hydrogen-bond acceptors (Lipinski definition) is 2. The highest BCUT2D eigenvalue weighted by atomic mass is 16.5. The van der Waals surface area contributed by atoms with Crippen molar-refractivity contribution in [3.8, 4) is 0 Å². The zero-order valence-corrected chi connectivity index (χ0v) is 8.90. The molecule has 0 saturated heterocycles. The number of benzene rings is 1. The molecule has 0 spiro atoms. The maximum Gasteiger partial charge on any atom is 0.192 e. The van der Waals surface area contributed by atoms with Crippen molar-refractivity contribution in [3.05, 3.63) is 59.1 Å². The maximum absolute atomic E-state index is 12.2. The number of rotatable bonds is 0. The van der Waals surface area contributed by atoms with Gasteiger partial charge in [0.1, 0.15) is 5.76 Å². The van der Waals surface area contributed by atoms with Crippen LogP contribution in [0.5, 0.6) is 0 Å². The third-order valence-corrected chi connectivity index (χ3v) is 3.13. The largest absolute Gasteiger partial charge is 0.469 e. The second kappa shape index (κ2) is 3.63. The first-order chi connectivity index (χ1) is 7.86. The van der Waals surface area contributed by atoms with Crippen LogP contribution in [-0.2, 0) is 11.2 Å². The Morgan fingerprint density at radius 1 is 1.12 bits per heavy atom. The Bertz CT molecular complexity index is 499. The van der Waals surface area contributed by atoms with E-state index in [0.717, 1.165) is 41.7 Å². The van der Waals surface area contributed by atoms with Crippen LogP contribution in [0.4, 0.5) is 0 Å². The Hall–Kier alpha value is -1.83. The van der Waals surface area contributed by atoms with Crippen molar-refractivity contribution in [2.45, 2.75) is 19.3 Å². The molecule has 2 nitrogen and oxygen atoms in total. The molecule has 1 aromatic rings. The van der Waals surface area contributed by atoms with E-state index in [0.29, 0.717) is 0 Å². The molecule has 0 saturated carbocycles. The van der Waals surface area contributed by atoms with Gasteiger partial charge in [-0.3, -0.25) is 4.79 Å². The van der Waals surface area contributed by atoms with Gasteiger partial charge in [0.25, 0.3) is 0 Å². The maximum atomic E-state index is 12.2. The van der Waals surface area contributed by atoms with E-state index < -0.39 is 0 Å². The first kappa shape index (κ1) is 9.40. The Morgan fingerprint density at radius 2 is 2.00 bits per heavy atom. The lowest BCUT2D eigenvalue weighted by atomic mass is 9.86. The van der Waals surface area contributed by atoms with E-state index in [9.17, 15) is 4.79 Å². The van der Waals surface area contributed by atoms with Crippen molar-refractivity contribution < 1.29 is 9.53 Å². The quantitative estimate of drug-likeness (QED) is 0.618. The molecule has 1 aromatic carbocycles. The number of hydrogen-bond donors (Lipinski definition) is 0. The summed E-state index contributed by atoms with van der Waals surface area (Å²) in [5, 5.41) is 0. The van der Waals surface area contributed by atoms with Crippen LogP contribution in [0.25, 0.3) is 0 Å². The van der Waals surface area contributed by atoms with Gasteiger partial charge >= 0.3 is 0 Å². The standard InChI is InChI=1S/C14H12O2/c15-14-11-5-2-1-4-10(11)7-8-12(14)13-6-3-9-16-13/h1-5,9H,6-8H2. The monoisotopic (exact) mass is 212 g/mol. The van der Waals surface area contributed by atoms with Gasteiger partial charge in [-0.2, -0.15) is 0 Å². The van der Waals surface area contributed by atoms with Crippen LogP contribution >= 0.6 is 0 Å². The van der Waals surface area contributed by atoms with Gasteiger partial charge in [0.05, 0.1) is 6.26 Å². The SMILES string of the molecule is O=C1C(=C2CC=CO2)CCc2ccccc21. The number of carbonyl (C=O) groups excluding carboxylic acids is 1. The molecule has 2 heteroatoms. The number of Topliss-reactive ketones (excluding diaryl/α,β-unsaturated/α-hetero) is 1. The number of ketones is 1. The minimum absolute atomic E-state index is 0.139. The third kappa shape index (κ3) is 1.38. The predicted octanol–water partition coefficient (Wildman–Crippen LogP) is 3.00. The highest BCUT2D eigenvalue weighted by Crippen LogP contribution is 2.30. The van der Waals surface area contributed by atoms with Crippen LogP contribution in [0, 0.1) is 0 Å². The van der Waals surface area contributed by atoms with Crippen LogP contribution in [-0.4, -0.2) is 5.78 Å². The summed E-state index contributed by atoms with van der Waals surface area (Å²) < 4.78 is 5.36. The number of aryl methyl sites for hydroxylation is 1. The fourth-order valence-electron chi connectivity index (χ4n) is 2.29. The summed E-state index contributed by atoms with van der Waals surface area (Å²) in [7, 11) is 0.